The van der Waals surface area contributed by atoms with E-state index in [1.54, 1.807) is 0 Å². The average Bonchev–Trinajstić information content (AvgIpc) is 3.73. The highest BCUT2D eigenvalue weighted by Gasteiger charge is 2.23. The van der Waals surface area contributed by atoms with Crippen LogP contribution in [-0.4, -0.2) is 18.7 Å². The predicted octanol–water partition coefficient (Wildman–Crippen LogP) is 10.4. The Balaban J connectivity index is 1.39. The largest absolute Gasteiger partial charge is 0.295 e. The molecule has 3 aromatic heterocycles. The van der Waals surface area contributed by atoms with Crippen LogP contribution < -0.4 is 0 Å². The van der Waals surface area contributed by atoms with Crippen LogP contribution in [-0.2, 0) is 0 Å². The maximum atomic E-state index is 5.34. The highest BCUT2D eigenvalue weighted by Crippen LogP contribution is 2.41. The second-order valence-electron chi connectivity index (χ2n) is 11.8. The number of aryl methyl sites for hydroxylation is 2. The average molecular weight is 579 g/mol. The number of aromatic nitrogens is 4. The van der Waals surface area contributed by atoms with Crippen LogP contribution in [0.5, 0.6) is 0 Å². The number of para-hydroxylation sites is 4. The van der Waals surface area contributed by atoms with Crippen LogP contribution in [0.4, 0.5) is 0 Å². The van der Waals surface area contributed by atoms with E-state index in [0.29, 0.717) is 0 Å². The van der Waals surface area contributed by atoms with E-state index in [0.717, 1.165) is 39.4 Å². The number of fused-ring (bicyclic) bond motifs is 6. The SMILES string of the molecule is Cc1cccc(C)c1-n1c(-c2ccccc2)nc2cc(-n3c4ccccc4c4c5ccccc5n(-c5ccccc5)c43)ccc21. The molecule has 0 aliphatic carbocycles. The van der Waals surface area contributed by atoms with Gasteiger partial charge in [0.15, 0.2) is 0 Å². The summed E-state index contributed by atoms with van der Waals surface area (Å²) in [6, 6.07) is 51.9. The normalized spacial score (nSPS) is 11.8. The third-order valence-corrected chi connectivity index (χ3v) is 9.08. The number of hydrogen-bond acceptors (Lipinski definition) is 1. The van der Waals surface area contributed by atoms with Crippen molar-refractivity contribution in [2.75, 3.05) is 0 Å². The van der Waals surface area contributed by atoms with Crippen molar-refractivity contribution in [2.24, 2.45) is 0 Å². The van der Waals surface area contributed by atoms with Gasteiger partial charge in [-0.25, -0.2) is 4.98 Å². The molecule has 0 spiro atoms. The fraction of sp³-hybridized carbons (Fsp3) is 0.0488. The number of rotatable bonds is 4. The van der Waals surface area contributed by atoms with Crippen molar-refractivity contribution in [3.8, 4) is 28.5 Å². The number of nitrogens with zero attached hydrogens (tertiary/aromatic N) is 4. The first-order valence-electron chi connectivity index (χ1n) is 15.4. The third kappa shape index (κ3) is 3.76. The molecule has 0 aliphatic heterocycles. The van der Waals surface area contributed by atoms with Gasteiger partial charge in [-0.3, -0.25) is 13.7 Å². The number of hydrogen-bond donors (Lipinski definition) is 0. The van der Waals surface area contributed by atoms with Crippen LogP contribution in [0.2, 0.25) is 0 Å². The Labute approximate surface area is 261 Å². The predicted molar refractivity (Wildman–Crippen MR) is 187 cm³/mol. The van der Waals surface area contributed by atoms with Crippen LogP contribution in [0.15, 0.2) is 146 Å². The minimum absolute atomic E-state index is 0.945. The smallest absolute Gasteiger partial charge is 0.145 e. The van der Waals surface area contributed by atoms with Gasteiger partial charge in [-0.15, -0.1) is 0 Å². The maximum absolute atomic E-state index is 5.34. The lowest BCUT2D eigenvalue weighted by Gasteiger charge is -2.16. The Morgan fingerprint density at radius 1 is 0.467 bits per heavy atom. The van der Waals surface area contributed by atoms with E-state index in [-0.39, 0.29) is 0 Å². The molecule has 0 aliphatic rings. The van der Waals surface area contributed by atoms with Gasteiger partial charge in [0, 0.05) is 33.1 Å². The Bertz CT molecular complexity index is 2530. The van der Waals surface area contributed by atoms with Crippen molar-refractivity contribution >= 4 is 43.9 Å². The number of benzene rings is 6. The second kappa shape index (κ2) is 9.83. The van der Waals surface area contributed by atoms with Crippen molar-refractivity contribution in [1.82, 2.24) is 18.7 Å². The molecule has 0 amide bonds. The molecule has 214 valence electrons. The van der Waals surface area contributed by atoms with Gasteiger partial charge < -0.3 is 0 Å². The zero-order valence-corrected chi connectivity index (χ0v) is 25.1. The fourth-order valence-electron chi connectivity index (χ4n) is 7.17. The van der Waals surface area contributed by atoms with Crippen molar-refractivity contribution < 1.29 is 0 Å². The van der Waals surface area contributed by atoms with Gasteiger partial charge in [0.2, 0.25) is 0 Å². The molecule has 9 rings (SSSR count). The van der Waals surface area contributed by atoms with E-state index >= 15 is 0 Å². The van der Waals surface area contributed by atoms with Gasteiger partial charge in [-0.1, -0.05) is 103 Å². The Morgan fingerprint density at radius 3 is 1.71 bits per heavy atom. The summed E-state index contributed by atoms with van der Waals surface area (Å²) < 4.78 is 7.15. The minimum atomic E-state index is 0.945. The first-order valence-corrected chi connectivity index (χ1v) is 15.4. The Morgan fingerprint density at radius 2 is 1.04 bits per heavy atom. The van der Waals surface area contributed by atoms with Crippen molar-refractivity contribution in [1.29, 1.82) is 0 Å². The van der Waals surface area contributed by atoms with Gasteiger partial charge in [0.05, 0.1) is 27.8 Å². The topological polar surface area (TPSA) is 27.7 Å². The molecule has 0 N–H and O–H groups in total. The molecule has 0 bridgehead atoms. The first kappa shape index (κ1) is 25.6. The summed E-state index contributed by atoms with van der Waals surface area (Å²) in [5.74, 6) is 0.945. The quantitative estimate of drug-likeness (QED) is 0.204. The van der Waals surface area contributed by atoms with E-state index in [1.807, 2.05) is 0 Å². The van der Waals surface area contributed by atoms with Crippen molar-refractivity contribution in [3.63, 3.8) is 0 Å². The van der Waals surface area contributed by atoms with E-state index in [1.165, 1.54) is 44.0 Å². The summed E-state index contributed by atoms with van der Waals surface area (Å²) in [5, 5.41) is 3.75. The van der Waals surface area contributed by atoms with Crippen molar-refractivity contribution in [2.45, 2.75) is 13.8 Å². The maximum Gasteiger partial charge on any atom is 0.145 e. The van der Waals surface area contributed by atoms with Gasteiger partial charge in [-0.05, 0) is 67.4 Å². The standard InChI is InChI=1S/C41H30N4/c1-27-14-13-15-28(2)39(27)45-37-25-24-31(26-34(37)42-40(45)29-16-5-3-6-17-29)44-36-23-12-10-21-33(36)38-32-20-9-11-22-35(32)43(41(38)44)30-18-7-4-8-19-30/h3-26H,1-2H3. The molecule has 0 saturated carbocycles. The van der Waals surface area contributed by atoms with E-state index in [4.69, 9.17) is 4.98 Å². The fourth-order valence-corrected chi connectivity index (χ4v) is 7.17. The first-order chi connectivity index (χ1) is 22.2. The molecule has 0 saturated heterocycles. The number of imidazole rings is 1. The van der Waals surface area contributed by atoms with Crippen LogP contribution in [0.25, 0.3) is 72.3 Å². The van der Waals surface area contributed by atoms with Gasteiger partial charge in [0.25, 0.3) is 0 Å². The lowest BCUT2D eigenvalue weighted by atomic mass is 10.1. The Kier molecular flexibility index (Phi) is 5.59. The summed E-state index contributed by atoms with van der Waals surface area (Å²) in [6.45, 7) is 4.37. The molecule has 0 radical (unpaired) electrons. The minimum Gasteiger partial charge on any atom is -0.295 e. The lowest BCUT2D eigenvalue weighted by molar-refractivity contribution is 1.06. The van der Waals surface area contributed by atoms with Crippen LogP contribution in [0.3, 0.4) is 0 Å². The summed E-state index contributed by atoms with van der Waals surface area (Å²) in [4.78, 5) is 5.34. The van der Waals surface area contributed by atoms with Crippen LogP contribution >= 0.6 is 0 Å². The molecule has 4 nitrogen and oxygen atoms in total. The molecule has 45 heavy (non-hydrogen) atoms. The molecule has 0 atom stereocenters. The van der Waals surface area contributed by atoms with Crippen molar-refractivity contribution in [3.05, 3.63) is 157 Å². The molecular formula is C41H30N4. The monoisotopic (exact) mass is 578 g/mol. The van der Waals surface area contributed by atoms with Crippen LogP contribution in [0, 0.1) is 13.8 Å². The zero-order valence-electron chi connectivity index (χ0n) is 25.1. The molecule has 0 unspecified atom stereocenters. The summed E-state index contributed by atoms with van der Waals surface area (Å²) in [6.07, 6.45) is 0. The zero-order chi connectivity index (χ0) is 30.1. The van der Waals surface area contributed by atoms with E-state index in [2.05, 4.69) is 173 Å². The summed E-state index contributed by atoms with van der Waals surface area (Å²) in [5.41, 5.74) is 12.5. The van der Waals surface area contributed by atoms with Gasteiger partial charge in [0.1, 0.15) is 11.5 Å². The van der Waals surface area contributed by atoms with Gasteiger partial charge >= 0.3 is 0 Å². The highest BCUT2D eigenvalue weighted by atomic mass is 15.1. The molecule has 4 heteroatoms. The van der Waals surface area contributed by atoms with E-state index in [9.17, 15) is 0 Å². The lowest BCUT2D eigenvalue weighted by Crippen LogP contribution is -2.03. The molecule has 9 aromatic rings. The molecule has 0 fully saturated rings. The Hall–Kier alpha value is -5.87. The molecule has 6 aromatic carbocycles. The third-order valence-electron chi connectivity index (χ3n) is 9.08. The molecule has 3 heterocycles. The highest BCUT2D eigenvalue weighted by molar-refractivity contribution is 6.22. The van der Waals surface area contributed by atoms with E-state index < -0.39 is 0 Å². The van der Waals surface area contributed by atoms with Crippen LogP contribution in [0.1, 0.15) is 11.1 Å². The van der Waals surface area contributed by atoms with Gasteiger partial charge in [-0.2, -0.15) is 0 Å². The second-order valence-corrected chi connectivity index (χ2v) is 11.8. The molecular weight excluding hydrogens is 548 g/mol. The summed E-state index contributed by atoms with van der Waals surface area (Å²) in [7, 11) is 0. The summed E-state index contributed by atoms with van der Waals surface area (Å²) >= 11 is 0.